The third kappa shape index (κ3) is 3.83. The van der Waals surface area contributed by atoms with Crippen LogP contribution >= 0.6 is 0 Å². The molecule has 0 radical (unpaired) electrons. The van der Waals surface area contributed by atoms with Crippen molar-refractivity contribution in [3.8, 4) is 5.75 Å². The summed E-state index contributed by atoms with van der Waals surface area (Å²) in [5.74, 6) is -1.70. The number of anilines is 1. The molecule has 1 heterocycles. The minimum Gasteiger partial charge on any atom is -0.487 e. The van der Waals surface area contributed by atoms with Crippen molar-refractivity contribution in [2.24, 2.45) is 5.73 Å². The minimum atomic E-state index is -0.970. The van der Waals surface area contributed by atoms with Gasteiger partial charge in [-0.1, -0.05) is 18.2 Å². The molecule has 1 saturated heterocycles. The fraction of sp³-hybridized carbons (Fsp3) is 0.429. The van der Waals surface area contributed by atoms with Gasteiger partial charge in [-0.05, 0) is 24.3 Å². The van der Waals surface area contributed by atoms with Crippen molar-refractivity contribution in [1.82, 2.24) is 4.90 Å². The fourth-order valence-corrected chi connectivity index (χ4v) is 4.27. The van der Waals surface area contributed by atoms with Crippen LogP contribution in [0.5, 0.6) is 5.75 Å². The fourth-order valence-electron chi connectivity index (χ4n) is 4.27. The monoisotopic (exact) mass is 389 g/mol. The minimum absolute atomic E-state index is 0.199. The maximum absolute atomic E-state index is 13.4. The van der Waals surface area contributed by atoms with Gasteiger partial charge in [0.2, 0.25) is 0 Å². The van der Waals surface area contributed by atoms with Crippen LogP contribution in [0.25, 0.3) is 0 Å². The molecule has 2 fully saturated rings. The van der Waals surface area contributed by atoms with Crippen LogP contribution in [0.3, 0.4) is 0 Å². The number of rotatable bonds is 4. The summed E-state index contributed by atoms with van der Waals surface area (Å²) in [6.45, 7) is 3.30. The smallest absolute Gasteiger partial charge is 0.162 e. The van der Waals surface area contributed by atoms with E-state index in [-0.39, 0.29) is 17.8 Å². The highest BCUT2D eigenvalue weighted by atomic mass is 19.2. The topological polar surface area (TPSA) is 62.0 Å². The molecule has 3 N–H and O–H groups in total. The number of ether oxygens (including phenoxy) is 1. The van der Waals surface area contributed by atoms with Crippen LogP contribution in [0.2, 0.25) is 0 Å². The zero-order valence-corrected chi connectivity index (χ0v) is 15.5. The van der Waals surface area contributed by atoms with Crippen LogP contribution in [-0.2, 0) is 0 Å². The van der Waals surface area contributed by atoms with Crippen molar-refractivity contribution in [2.45, 2.75) is 30.7 Å². The highest BCUT2D eigenvalue weighted by Crippen LogP contribution is 2.30. The Morgan fingerprint density at radius 2 is 1.68 bits per heavy atom. The second-order valence-electron chi connectivity index (χ2n) is 7.47. The summed E-state index contributed by atoms with van der Waals surface area (Å²) in [6, 6.07) is 13.2. The molecule has 0 bridgehead atoms. The van der Waals surface area contributed by atoms with Gasteiger partial charge >= 0.3 is 0 Å². The molecule has 7 heteroatoms. The highest BCUT2D eigenvalue weighted by Gasteiger charge is 2.45. The van der Waals surface area contributed by atoms with E-state index in [4.69, 9.17) is 10.5 Å². The normalized spacial score (nSPS) is 28.5. The van der Waals surface area contributed by atoms with Gasteiger partial charge in [-0.15, -0.1) is 0 Å². The van der Waals surface area contributed by atoms with E-state index in [9.17, 15) is 13.9 Å². The number of aliphatic hydroxyl groups is 1. The summed E-state index contributed by atoms with van der Waals surface area (Å²) < 4.78 is 32.2. The van der Waals surface area contributed by atoms with Gasteiger partial charge in [0.05, 0.1) is 6.04 Å². The Balaban J connectivity index is 1.38. The molecule has 4 atom stereocenters. The predicted octanol–water partition coefficient (Wildman–Crippen LogP) is 1.99. The summed E-state index contributed by atoms with van der Waals surface area (Å²) in [7, 11) is 0. The number of benzene rings is 2. The first kappa shape index (κ1) is 19.1. The van der Waals surface area contributed by atoms with Crippen molar-refractivity contribution >= 4 is 5.69 Å². The van der Waals surface area contributed by atoms with Gasteiger partial charge < -0.3 is 20.5 Å². The number of para-hydroxylation sites is 1. The van der Waals surface area contributed by atoms with Gasteiger partial charge in [-0.25, -0.2) is 8.78 Å². The van der Waals surface area contributed by atoms with Crippen LogP contribution in [0.4, 0.5) is 14.5 Å². The number of nitrogens with two attached hydrogens (primary N) is 1. The number of hydrogen-bond donors (Lipinski definition) is 2. The van der Waals surface area contributed by atoms with Gasteiger partial charge in [0.25, 0.3) is 0 Å². The third-order valence-corrected chi connectivity index (χ3v) is 5.71. The summed E-state index contributed by atoms with van der Waals surface area (Å²) in [4.78, 5) is 4.53. The SMILES string of the molecule is N[C@@H]1C[C@@H](Oc2ccc(F)c(F)c2)[C@H](O)[C@H]1N1CCN(c2ccccc2)CC1. The number of hydrogen-bond acceptors (Lipinski definition) is 5. The lowest BCUT2D eigenvalue weighted by Crippen LogP contribution is -2.57. The molecule has 0 amide bonds. The van der Waals surface area contributed by atoms with E-state index in [0.717, 1.165) is 38.3 Å². The molecule has 0 unspecified atom stereocenters. The lowest BCUT2D eigenvalue weighted by Gasteiger charge is -2.41. The standard InChI is InChI=1S/C21H25F2N3O2/c22-16-7-6-15(12-17(16)23)28-19-13-18(24)20(21(19)27)26-10-8-25(9-11-26)14-4-2-1-3-5-14/h1-7,12,18-21,27H,8-11,13,24H2/t18-,19-,20+,21+/m1/s1. The summed E-state index contributed by atoms with van der Waals surface area (Å²) >= 11 is 0. The van der Waals surface area contributed by atoms with E-state index >= 15 is 0 Å². The van der Waals surface area contributed by atoms with E-state index in [0.29, 0.717) is 6.42 Å². The first-order valence-corrected chi connectivity index (χ1v) is 9.62. The second-order valence-corrected chi connectivity index (χ2v) is 7.47. The number of aliphatic hydroxyl groups excluding tert-OH is 1. The van der Waals surface area contributed by atoms with Gasteiger partial charge in [0, 0.05) is 50.4 Å². The molecule has 1 aliphatic carbocycles. The van der Waals surface area contributed by atoms with Crippen molar-refractivity contribution < 1.29 is 18.6 Å². The molecular formula is C21H25F2N3O2. The third-order valence-electron chi connectivity index (χ3n) is 5.71. The van der Waals surface area contributed by atoms with Crippen LogP contribution in [0, 0.1) is 11.6 Å². The van der Waals surface area contributed by atoms with E-state index in [1.807, 2.05) is 18.2 Å². The molecule has 4 rings (SSSR count). The molecular weight excluding hydrogens is 364 g/mol. The lowest BCUT2D eigenvalue weighted by atomic mass is 10.1. The van der Waals surface area contributed by atoms with E-state index in [1.54, 1.807) is 0 Å². The second kappa shape index (κ2) is 8.03. The summed E-state index contributed by atoms with van der Waals surface area (Å²) in [5.41, 5.74) is 7.51. The Bertz CT molecular complexity index is 799. The molecule has 28 heavy (non-hydrogen) atoms. The Labute approximate surface area is 163 Å². The Kier molecular flexibility index (Phi) is 5.48. The molecule has 2 aliphatic rings. The highest BCUT2D eigenvalue weighted by molar-refractivity contribution is 5.46. The van der Waals surface area contributed by atoms with Gasteiger partial charge in [-0.3, -0.25) is 4.90 Å². The lowest BCUT2D eigenvalue weighted by molar-refractivity contribution is 0.00664. The maximum atomic E-state index is 13.4. The molecule has 0 spiro atoms. The maximum Gasteiger partial charge on any atom is 0.162 e. The van der Waals surface area contributed by atoms with Crippen molar-refractivity contribution in [2.75, 3.05) is 31.1 Å². The first-order chi connectivity index (χ1) is 13.5. The molecule has 2 aromatic rings. The van der Waals surface area contributed by atoms with Gasteiger partial charge in [0.1, 0.15) is 18.0 Å². The average molecular weight is 389 g/mol. The molecule has 2 aromatic carbocycles. The Morgan fingerprint density at radius 1 is 0.964 bits per heavy atom. The van der Waals surface area contributed by atoms with Crippen molar-refractivity contribution in [1.29, 1.82) is 0 Å². The van der Waals surface area contributed by atoms with E-state index in [2.05, 4.69) is 21.9 Å². The summed E-state index contributed by atoms with van der Waals surface area (Å²) in [6.07, 6.45) is -0.868. The average Bonchev–Trinajstić information content (AvgIpc) is 2.99. The van der Waals surface area contributed by atoms with Crippen molar-refractivity contribution in [3.05, 3.63) is 60.2 Å². The van der Waals surface area contributed by atoms with E-state index < -0.39 is 23.8 Å². The first-order valence-electron chi connectivity index (χ1n) is 9.62. The van der Waals surface area contributed by atoms with Crippen LogP contribution in [-0.4, -0.2) is 60.5 Å². The van der Waals surface area contributed by atoms with Crippen LogP contribution < -0.4 is 15.4 Å². The summed E-state index contributed by atoms with van der Waals surface area (Å²) in [5, 5.41) is 10.8. The van der Waals surface area contributed by atoms with Gasteiger partial charge in [0.15, 0.2) is 11.6 Å². The molecule has 1 saturated carbocycles. The number of nitrogens with zero attached hydrogens (tertiary/aromatic N) is 2. The predicted molar refractivity (Wildman–Crippen MR) is 103 cm³/mol. The Hall–Kier alpha value is -2.22. The zero-order chi connectivity index (χ0) is 19.7. The van der Waals surface area contributed by atoms with Crippen LogP contribution in [0.1, 0.15) is 6.42 Å². The number of piperazine rings is 1. The Morgan fingerprint density at radius 3 is 2.36 bits per heavy atom. The molecule has 0 aromatic heterocycles. The van der Waals surface area contributed by atoms with Crippen LogP contribution in [0.15, 0.2) is 48.5 Å². The quantitative estimate of drug-likeness (QED) is 0.838. The molecule has 150 valence electrons. The largest absolute Gasteiger partial charge is 0.487 e. The molecule has 1 aliphatic heterocycles. The number of halogens is 2. The van der Waals surface area contributed by atoms with Gasteiger partial charge in [-0.2, -0.15) is 0 Å². The van der Waals surface area contributed by atoms with Crippen molar-refractivity contribution in [3.63, 3.8) is 0 Å². The zero-order valence-electron chi connectivity index (χ0n) is 15.5. The molecule has 5 nitrogen and oxygen atoms in total. The van der Waals surface area contributed by atoms with E-state index in [1.165, 1.54) is 11.8 Å².